The van der Waals surface area contributed by atoms with Gasteiger partial charge in [-0.1, -0.05) is 0 Å². The number of carbonyl (C=O) groups excluding carboxylic acids is 1. The first-order chi connectivity index (χ1) is 4.33. The van der Waals surface area contributed by atoms with Crippen molar-refractivity contribution in [3.63, 3.8) is 0 Å². The van der Waals surface area contributed by atoms with E-state index in [9.17, 15) is 9.90 Å². The minimum Gasteiger partial charge on any atom is -0.356 e. The lowest BCUT2D eigenvalue weighted by atomic mass is 9.99. The van der Waals surface area contributed by atoms with Gasteiger partial charge in [0.1, 0.15) is 0 Å². The second-order valence-electron chi connectivity index (χ2n) is 2.38. The summed E-state index contributed by atoms with van der Waals surface area (Å²) < 4.78 is 0. The first-order valence-corrected chi connectivity index (χ1v) is 3.17. The molecular formula is C6H10NO2. The SMILES string of the molecule is [O]CC1CCNC(=O)C1. The third-order valence-corrected chi connectivity index (χ3v) is 1.58. The molecule has 9 heavy (non-hydrogen) atoms. The molecule has 1 saturated heterocycles. The van der Waals surface area contributed by atoms with Crippen molar-refractivity contribution in [1.82, 2.24) is 5.32 Å². The van der Waals surface area contributed by atoms with Crippen molar-refractivity contribution in [2.24, 2.45) is 5.92 Å². The molecule has 1 N–H and O–H groups in total. The molecule has 1 rings (SSSR count). The first kappa shape index (κ1) is 6.55. The number of hydrogen-bond acceptors (Lipinski definition) is 1. The predicted molar refractivity (Wildman–Crippen MR) is 31.3 cm³/mol. The van der Waals surface area contributed by atoms with Crippen LogP contribution in [-0.4, -0.2) is 19.1 Å². The highest BCUT2D eigenvalue weighted by Gasteiger charge is 2.17. The molecule has 1 amide bonds. The standard InChI is InChI=1S/C6H10NO2/c8-4-5-1-2-7-6(9)3-5/h5H,1-4H2,(H,7,9). The summed E-state index contributed by atoms with van der Waals surface area (Å²) in [7, 11) is 0. The quantitative estimate of drug-likeness (QED) is 0.528. The van der Waals surface area contributed by atoms with Crippen LogP contribution < -0.4 is 5.32 Å². The van der Waals surface area contributed by atoms with Crippen molar-refractivity contribution in [2.75, 3.05) is 13.2 Å². The van der Waals surface area contributed by atoms with Crippen LogP contribution in [0.2, 0.25) is 0 Å². The van der Waals surface area contributed by atoms with Crippen LogP contribution in [0.15, 0.2) is 0 Å². The van der Waals surface area contributed by atoms with E-state index < -0.39 is 0 Å². The molecule has 1 fully saturated rings. The summed E-state index contributed by atoms with van der Waals surface area (Å²) >= 11 is 0. The third kappa shape index (κ3) is 1.68. The topological polar surface area (TPSA) is 49.0 Å². The van der Waals surface area contributed by atoms with Crippen LogP contribution in [0.1, 0.15) is 12.8 Å². The zero-order valence-electron chi connectivity index (χ0n) is 5.22. The zero-order valence-corrected chi connectivity index (χ0v) is 5.22. The van der Waals surface area contributed by atoms with E-state index in [0.29, 0.717) is 13.0 Å². The van der Waals surface area contributed by atoms with Crippen molar-refractivity contribution >= 4 is 5.91 Å². The summed E-state index contributed by atoms with van der Waals surface area (Å²) in [5.41, 5.74) is 0. The smallest absolute Gasteiger partial charge is 0.220 e. The second kappa shape index (κ2) is 2.82. The van der Waals surface area contributed by atoms with Crippen molar-refractivity contribution < 1.29 is 9.90 Å². The summed E-state index contributed by atoms with van der Waals surface area (Å²) in [6.45, 7) is 0.582. The molecule has 0 aromatic rings. The van der Waals surface area contributed by atoms with Gasteiger partial charge in [-0.3, -0.25) is 4.79 Å². The Labute approximate surface area is 54.1 Å². The monoisotopic (exact) mass is 128 g/mol. The van der Waals surface area contributed by atoms with Gasteiger partial charge in [-0.05, 0) is 12.3 Å². The average Bonchev–Trinajstić information content (AvgIpc) is 1.88. The normalized spacial score (nSPS) is 27.7. The van der Waals surface area contributed by atoms with Crippen molar-refractivity contribution in [3.8, 4) is 0 Å². The largest absolute Gasteiger partial charge is 0.356 e. The molecule has 3 nitrogen and oxygen atoms in total. The Balaban J connectivity index is 2.32. The third-order valence-electron chi connectivity index (χ3n) is 1.58. The first-order valence-electron chi connectivity index (χ1n) is 3.17. The molecule has 1 unspecified atom stereocenters. The van der Waals surface area contributed by atoms with Gasteiger partial charge in [-0.2, -0.15) is 0 Å². The lowest BCUT2D eigenvalue weighted by molar-refractivity contribution is -0.124. The lowest BCUT2D eigenvalue weighted by Gasteiger charge is -2.18. The minimum atomic E-state index is -0.104. The molecule has 0 bridgehead atoms. The van der Waals surface area contributed by atoms with Crippen LogP contribution in [0, 0.1) is 5.92 Å². The fraction of sp³-hybridized carbons (Fsp3) is 0.833. The maximum atomic E-state index is 10.6. The molecule has 51 valence electrons. The number of piperidine rings is 1. The molecule has 0 spiro atoms. The molecular weight excluding hydrogens is 118 g/mol. The van der Waals surface area contributed by atoms with Gasteiger partial charge in [0.25, 0.3) is 0 Å². The van der Waals surface area contributed by atoms with Crippen LogP contribution >= 0.6 is 0 Å². The molecule has 1 aliphatic heterocycles. The molecule has 1 heterocycles. The summed E-state index contributed by atoms with van der Waals surface area (Å²) in [5.74, 6) is 0.126. The van der Waals surface area contributed by atoms with E-state index in [2.05, 4.69) is 5.32 Å². The highest BCUT2D eigenvalue weighted by atomic mass is 16.3. The van der Waals surface area contributed by atoms with E-state index >= 15 is 0 Å². The number of carbonyl (C=O) groups is 1. The van der Waals surface area contributed by atoms with Gasteiger partial charge in [0.2, 0.25) is 5.91 Å². The van der Waals surface area contributed by atoms with E-state index in [1.54, 1.807) is 0 Å². The summed E-state index contributed by atoms with van der Waals surface area (Å²) in [6, 6.07) is 0. The van der Waals surface area contributed by atoms with Gasteiger partial charge in [0, 0.05) is 13.0 Å². The van der Waals surface area contributed by atoms with Crippen LogP contribution in [-0.2, 0) is 9.90 Å². The van der Waals surface area contributed by atoms with Crippen molar-refractivity contribution in [2.45, 2.75) is 12.8 Å². The van der Waals surface area contributed by atoms with E-state index in [-0.39, 0.29) is 18.4 Å². The second-order valence-corrected chi connectivity index (χ2v) is 2.38. The number of amides is 1. The Morgan fingerprint density at radius 1 is 1.67 bits per heavy atom. The van der Waals surface area contributed by atoms with Gasteiger partial charge in [-0.15, -0.1) is 0 Å². The van der Waals surface area contributed by atoms with Crippen LogP contribution in [0.25, 0.3) is 0 Å². The minimum absolute atomic E-state index is 0.0297. The zero-order chi connectivity index (χ0) is 6.69. The van der Waals surface area contributed by atoms with Gasteiger partial charge < -0.3 is 5.32 Å². The average molecular weight is 128 g/mol. The summed E-state index contributed by atoms with van der Waals surface area (Å²) in [6.07, 6.45) is 1.29. The molecule has 0 aliphatic carbocycles. The van der Waals surface area contributed by atoms with Gasteiger partial charge in [0.15, 0.2) is 0 Å². The van der Waals surface area contributed by atoms with Crippen LogP contribution in [0.4, 0.5) is 0 Å². The fourth-order valence-corrected chi connectivity index (χ4v) is 0.994. The van der Waals surface area contributed by atoms with Gasteiger partial charge in [-0.25, -0.2) is 5.11 Å². The Bertz CT molecular complexity index is 114. The Morgan fingerprint density at radius 3 is 2.89 bits per heavy atom. The summed E-state index contributed by atoms with van der Waals surface area (Å²) in [4.78, 5) is 10.6. The van der Waals surface area contributed by atoms with Gasteiger partial charge in [0.05, 0.1) is 6.61 Å². The van der Waals surface area contributed by atoms with Crippen LogP contribution in [0.3, 0.4) is 0 Å². The fourth-order valence-electron chi connectivity index (χ4n) is 0.994. The number of rotatable bonds is 1. The van der Waals surface area contributed by atoms with Crippen LogP contribution in [0.5, 0.6) is 0 Å². The Kier molecular flexibility index (Phi) is 2.05. The van der Waals surface area contributed by atoms with E-state index in [1.807, 2.05) is 0 Å². The van der Waals surface area contributed by atoms with E-state index in [4.69, 9.17) is 0 Å². The molecule has 3 heteroatoms. The maximum absolute atomic E-state index is 10.6. The maximum Gasteiger partial charge on any atom is 0.220 e. The Morgan fingerprint density at radius 2 is 2.44 bits per heavy atom. The molecule has 0 aromatic heterocycles. The molecule has 0 saturated carbocycles. The highest BCUT2D eigenvalue weighted by molar-refractivity contribution is 5.76. The van der Waals surface area contributed by atoms with Gasteiger partial charge >= 0.3 is 0 Å². The van der Waals surface area contributed by atoms with E-state index in [1.165, 1.54) is 0 Å². The number of nitrogens with one attached hydrogen (secondary N) is 1. The molecule has 1 aliphatic rings. The molecule has 1 radical (unpaired) electrons. The van der Waals surface area contributed by atoms with Crippen molar-refractivity contribution in [3.05, 3.63) is 0 Å². The lowest BCUT2D eigenvalue weighted by Crippen LogP contribution is -2.34. The van der Waals surface area contributed by atoms with E-state index in [0.717, 1.165) is 6.42 Å². The molecule has 1 atom stereocenters. The van der Waals surface area contributed by atoms with Crippen molar-refractivity contribution in [1.29, 1.82) is 0 Å². The highest BCUT2D eigenvalue weighted by Crippen LogP contribution is 2.10. The number of hydrogen-bond donors (Lipinski definition) is 1. The predicted octanol–water partition coefficient (Wildman–Crippen LogP) is -0.0569. The summed E-state index contributed by atoms with van der Waals surface area (Å²) in [5, 5.41) is 12.9. The molecule has 0 aromatic carbocycles. The Hall–Kier alpha value is -0.570.